The molecule has 4 rings (SSSR count). The molecule has 0 saturated heterocycles. The van der Waals surface area contributed by atoms with E-state index in [0.29, 0.717) is 17.2 Å². The van der Waals surface area contributed by atoms with Gasteiger partial charge in [-0.1, -0.05) is 47.7 Å². The fraction of sp³-hybridized carbons (Fsp3) is 0.0909. The summed E-state index contributed by atoms with van der Waals surface area (Å²) in [5, 5.41) is 0.603. The van der Waals surface area contributed by atoms with Gasteiger partial charge < -0.3 is 0 Å². The molecule has 1 aromatic heterocycles. The number of aromatic nitrogens is 1. The topological polar surface area (TPSA) is 33.2 Å². The normalized spacial score (nSPS) is 10.9. The number of carbonyl (C=O) groups excluding carboxylic acids is 1. The highest BCUT2D eigenvalue weighted by Gasteiger charge is 2.22. The number of thiazole rings is 1. The molecule has 0 bridgehead atoms. The zero-order valence-electron chi connectivity index (χ0n) is 15.1. The fourth-order valence-corrected chi connectivity index (χ4v) is 4.42. The van der Waals surface area contributed by atoms with Crippen LogP contribution in [0.2, 0.25) is 0 Å². The van der Waals surface area contributed by atoms with Gasteiger partial charge in [-0.15, -0.1) is 11.8 Å². The molecule has 0 radical (unpaired) electrons. The summed E-state index contributed by atoms with van der Waals surface area (Å²) >= 11 is 3.13. The van der Waals surface area contributed by atoms with Crippen molar-refractivity contribution >= 4 is 44.4 Å². The number of halogens is 1. The number of amides is 1. The third-order valence-electron chi connectivity index (χ3n) is 4.32. The van der Waals surface area contributed by atoms with Crippen LogP contribution in [0.5, 0.6) is 0 Å². The summed E-state index contributed by atoms with van der Waals surface area (Å²) in [5.41, 5.74) is 2.14. The highest BCUT2D eigenvalue weighted by Crippen LogP contribution is 2.33. The van der Waals surface area contributed by atoms with Crippen LogP contribution in [0.1, 0.15) is 15.9 Å². The predicted molar refractivity (Wildman–Crippen MR) is 115 cm³/mol. The monoisotopic (exact) mass is 408 g/mol. The Bertz CT molecular complexity index is 1130. The highest BCUT2D eigenvalue weighted by atomic mass is 32.2. The fourth-order valence-electron chi connectivity index (χ4n) is 2.90. The molecule has 6 heteroatoms. The van der Waals surface area contributed by atoms with Crippen molar-refractivity contribution in [2.24, 2.45) is 0 Å². The maximum absolute atomic E-state index is 13.7. The Morgan fingerprint density at radius 3 is 2.64 bits per heavy atom. The first kappa shape index (κ1) is 18.7. The summed E-state index contributed by atoms with van der Waals surface area (Å²) < 4.78 is 14.7. The standard InChI is InChI=1S/C22H17FN2OS2/c1-27-18-10-11-19-20(13-18)28-22(24-19)25(14-15-6-3-2-4-7-15)21(26)16-8-5-9-17(23)12-16/h2-13H,14H2,1H3. The Morgan fingerprint density at radius 1 is 1.07 bits per heavy atom. The van der Waals surface area contributed by atoms with Crippen molar-refractivity contribution in [2.45, 2.75) is 11.4 Å². The smallest absolute Gasteiger partial charge is 0.260 e. The number of anilines is 1. The van der Waals surface area contributed by atoms with Crippen molar-refractivity contribution in [3.05, 3.63) is 89.7 Å². The predicted octanol–water partition coefficient (Wildman–Crippen LogP) is 6.00. The van der Waals surface area contributed by atoms with Crippen LogP contribution in [0.4, 0.5) is 9.52 Å². The molecule has 1 heterocycles. The molecule has 0 fully saturated rings. The lowest BCUT2D eigenvalue weighted by Crippen LogP contribution is -2.30. The van der Waals surface area contributed by atoms with Gasteiger partial charge in [-0.05, 0) is 48.2 Å². The number of hydrogen-bond donors (Lipinski definition) is 0. The van der Waals surface area contributed by atoms with E-state index in [-0.39, 0.29) is 5.91 Å². The number of rotatable bonds is 5. The van der Waals surface area contributed by atoms with E-state index in [1.807, 2.05) is 48.7 Å². The zero-order chi connectivity index (χ0) is 19.5. The number of nitrogens with zero attached hydrogens (tertiary/aromatic N) is 2. The summed E-state index contributed by atoms with van der Waals surface area (Å²) in [6.45, 7) is 0.366. The van der Waals surface area contributed by atoms with Crippen molar-refractivity contribution in [3.63, 3.8) is 0 Å². The third-order valence-corrected chi connectivity index (χ3v) is 6.08. The van der Waals surface area contributed by atoms with Crippen LogP contribution in [0, 0.1) is 5.82 Å². The minimum Gasteiger partial charge on any atom is -0.279 e. The van der Waals surface area contributed by atoms with Gasteiger partial charge in [-0.25, -0.2) is 9.37 Å². The van der Waals surface area contributed by atoms with E-state index in [0.717, 1.165) is 20.7 Å². The van der Waals surface area contributed by atoms with E-state index in [4.69, 9.17) is 0 Å². The summed E-state index contributed by atoms with van der Waals surface area (Å²) in [6, 6.07) is 21.6. The summed E-state index contributed by atoms with van der Waals surface area (Å²) in [7, 11) is 0. The summed E-state index contributed by atoms with van der Waals surface area (Å²) in [5.74, 6) is -0.702. The molecular formula is C22H17FN2OS2. The minimum absolute atomic E-state index is 0.271. The largest absolute Gasteiger partial charge is 0.279 e. The first-order chi connectivity index (χ1) is 13.6. The Balaban J connectivity index is 1.77. The molecule has 0 atom stereocenters. The van der Waals surface area contributed by atoms with Gasteiger partial charge >= 0.3 is 0 Å². The average Bonchev–Trinajstić information content (AvgIpc) is 3.15. The van der Waals surface area contributed by atoms with Gasteiger partial charge in [-0.3, -0.25) is 9.69 Å². The molecule has 0 aliphatic carbocycles. The van der Waals surface area contributed by atoms with Crippen LogP contribution in [0.15, 0.2) is 77.7 Å². The van der Waals surface area contributed by atoms with E-state index in [1.165, 1.54) is 23.5 Å². The molecule has 28 heavy (non-hydrogen) atoms. The van der Waals surface area contributed by atoms with Crippen LogP contribution in [0.25, 0.3) is 10.2 Å². The van der Waals surface area contributed by atoms with Crippen molar-refractivity contribution in [2.75, 3.05) is 11.2 Å². The summed E-state index contributed by atoms with van der Waals surface area (Å²) in [4.78, 5) is 20.7. The second-order valence-electron chi connectivity index (χ2n) is 6.22. The first-order valence-corrected chi connectivity index (χ1v) is 10.7. The lowest BCUT2D eigenvalue weighted by molar-refractivity contribution is 0.0984. The molecule has 3 aromatic carbocycles. The number of carbonyl (C=O) groups is 1. The third kappa shape index (κ3) is 3.93. The van der Waals surface area contributed by atoms with Crippen LogP contribution >= 0.6 is 23.1 Å². The molecule has 140 valence electrons. The van der Waals surface area contributed by atoms with Gasteiger partial charge in [0, 0.05) is 10.5 Å². The van der Waals surface area contributed by atoms with E-state index >= 15 is 0 Å². The lowest BCUT2D eigenvalue weighted by Gasteiger charge is -2.20. The second kappa shape index (κ2) is 8.12. The molecule has 4 aromatic rings. The van der Waals surface area contributed by atoms with Crippen LogP contribution in [0.3, 0.4) is 0 Å². The molecule has 0 aliphatic rings. The molecule has 3 nitrogen and oxygen atoms in total. The maximum Gasteiger partial charge on any atom is 0.260 e. The zero-order valence-corrected chi connectivity index (χ0v) is 16.8. The Labute approximate surface area is 170 Å². The van der Waals surface area contributed by atoms with Crippen molar-refractivity contribution in [3.8, 4) is 0 Å². The van der Waals surface area contributed by atoms with E-state index < -0.39 is 5.82 Å². The van der Waals surface area contributed by atoms with E-state index in [2.05, 4.69) is 11.1 Å². The number of benzene rings is 3. The second-order valence-corrected chi connectivity index (χ2v) is 8.11. The molecule has 0 N–H and O–H groups in total. The van der Waals surface area contributed by atoms with Gasteiger partial charge in [0.2, 0.25) is 0 Å². The van der Waals surface area contributed by atoms with Gasteiger partial charge in [-0.2, -0.15) is 0 Å². The maximum atomic E-state index is 13.7. The molecule has 0 spiro atoms. The van der Waals surface area contributed by atoms with Crippen molar-refractivity contribution < 1.29 is 9.18 Å². The van der Waals surface area contributed by atoms with E-state index in [9.17, 15) is 9.18 Å². The number of thioether (sulfide) groups is 1. The van der Waals surface area contributed by atoms with E-state index in [1.54, 1.807) is 28.8 Å². The van der Waals surface area contributed by atoms with Gasteiger partial charge in [0.15, 0.2) is 5.13 Å². The Hall–Kier alpha value is -2.70. The molecular weight excluding hydrogens is 391 g/mol. The minimum atomic E-state index is -0.431. The Kier molecular flexibility index (Phi) is 5.41. The Morgan fingerprint density at radius 2 is 1.89 bits per heavy atom. The van der Waals surface area contributed by atoms with Gasteiger partial charge in [0.25, 0.3) is 5.91 Å². The summed E-state index contributed by atoms with van der Waals surface area (Å²) in [6.07, 6.45) is 2.03. The molecule has 1 amide bonds. The van der Waals surface area contributed by atoms with Gasteiger partial charge in [0.05, 0.1) is 16.8 Å². The molecule has 0 aliphatic heterocycles. The van der Waals surface area contributed by atoms with Crippen LogP contribution in [-0.2, 0) is 6.54 Å². The van der Waals surface area contributed by atoms with Crippen LogP contribution in [-0.4, -0.2) is 17.1 Å². The number of hydrogen-bond acceptors (Lipinski definition) is 4. The van der Waals surface area contributed by atoms with Crippen molar-refractivity contribution in [1.82, 2.24) is 4.98 Å². The average molecular weight is 409 g/mol. The highest BCUT2D eigenvalue weighted by molar-refractivity contribution is 7.98. The first-order valence-electron chi connectivity index (χ1n) is 8.70. The van der Waals surface area contributed by atoms with Gasteiger partial charge in [0.1, 0.15) is 5.82 Å². The molecule has 0 unspecified atom stereocenters. The lowest BCUT2D eigenvalue weighted by atomic mass is 10.1. The SMILES string of the molecule is CSc1ccc2nc(N(Cc3ccccc3)C(=O)c3cccc(F)c3)sc2c1. The quantitative estimate of drug-likeness (QED) is 0.380. The molecule has 0 saturated carbocycles. The van der Waals surface area contributed by atoms with Crippen LogP contribution < -0.4 is 4.90 Å². The van der Waals surface area contributed by atoms with Crippen molar-refractivity contribution in [1.29, 1.82) is 0 Å². The number of fused-ring (bicyclic) bond motifs is 1.